The minimum atomic E-state index is -1.07. The van der Waals surface area contributed by atoms with E-state index in [9.17, 15) is 9.59 Å². The number of carboxylic acids is 1. The van der Waals surface area contributed by atoms with Crippen LogP contribution in [-0.4, -0.2) is 22.6 Å². The number of benzene rings is 1. The van der Waals surface area contributed by atoms with Crippen molar-refractivity contribution >= 4 is 17.7 Å². The first-order chi connectivity index (χ1) is 8.12. The highest BCUT2D eigenvalue weighted by Gasteiger charge is 2.45. The van der Waals surface area contributed by atoms with Crippen molar-refractivity contribution in [3.8, 4) is 0 Å². The normalized spacial score (nSPS) is 16.7. The summed E-state index contributed by atoms with van der Waals surface area (Å²) in [5.41, 5.74) is -0.427. The molecule has 0 aromatic heterocycles. The average Bonchev–Trinajstić information content (AvgIpc) is 2.24. The average molecular weight is 234 g/mol. The van der Waals surface area contributed by atoms with Crippen molar-refractivity contribution in [1.29, 1.82) is 0 Å². The maximum absolute atomic E-state index is 11.6. The molecule has 1 aromatic rings. The Balaban J connectivity index is 1.96. The Labute approximate surface area is 98.8 Å². The molecule has 0 atom stereocenters. The molecule has 0 saturated heterocycles. The van der Waals surface area contributed by atoms with Gasteiger partial charge < -0.3 is 15.7 Å². The van der Waals surface area contributed by atoms with Gasteiger partial charge in [-0.15, -0.1) is 0 Å². The largest absolute Gasteiger partial charge is 0.480 e. The quantitative estimate of drug-likeness (QED) is 0.746. The Morgan fingerprint density at radius 1 is 1.18 bits per heavy atom. The maximum atomic E-state index is 11.6. The summed E-state index contributed by atoms with van der Waals surface area (Å²) < 4.78 is 0. The second-order valence-electron chi connectivity index (χ2n) is 4.19. The first-order valence-corrected chi connectivity index (χ1v) is 5.50. The van der Waals surface area contributed by atoms with Gasteiger partial charge in [0.15, 0.2) is 0 Å². The number of hydrogen-bond acceptors (Lipinski definition) is 2. The highest BCUT2D eigenvalue weighted by molar-refractivity contribution is 5.94. The van der Waals surface area contributed by atoms with Crippen molar-refractivity contribution in [2.75, 3.05) is 5.32 Å². The molecule has 0 heterocycles. The molecule has 3 N–H and O–H groups in total. The first kappa shape index (κ1) is 11.4. The zero-order valence-corrected chi connectivity index (χ0v) is 9.27. The van der Waals surface area contributed by atoms with E-state index in [1.54, 1.807) is 24.3 Å². The molecule has 1 aliphatic carbocycles. The number of carbonyl (C=O) groups excluding carboxylic acids is 1. The molecule has 1 aliphatic rings. The van der Waals surface area contributed by atoms with Crippen molar-refractivity contribution < 1.29 is 14.7 Å². The molecule has 2 amide bonds. The molecule has 5 heteroatoms. The van der Waals surface area contributed by atoms with Crippen LogP contribution in [0, 0.1) is 0 Å². The van der Waals surface area contributed by atoms with Crippen molar-refractivity contribution in [1.82, 2.24) is 5.32 Å². The molecular formula is C12H14N2O3. The number of carbonyl (C=O) groups is 2. The summed E-state index contributed by atoms with van der Waals surface area (Å²) in [5, 5.41) is 14.2. The number of amides is 2. The number of nitrogens with one attached hydrogen (secondary N) is 2. The fourth-order valence-electron chi connectivity index (χ4n) is 1.82. The summed E-state index contributed by atoms with van der Waals surface area (Å²) in [7, 11) is 0. The number of para-hydroxylation sites is 1. The van der Waals surface area contributed by atoms with Crippen LogP contribution in [0.2, 0.25) is 0 Å². The van der Waals surface area contributed by atoms with Crippen molar-refractivity contribution in [2.45, 2.75) is 24.8 Å². The van der Waals surface area contributed by atoms with Gasteiger partial charge >= 0.3 is 12.0 Å². The highest BCUT2D eigenvalue weighted by Crippen LogP contribution is 2.32. The summed E-state index contributed by atoms with van der Waals surface area (Å²) in [4.78, 5) is 22.7. The fourth-order valence-corrected chi connectivity index (χ4v) is 1.82. The molecule has 1 saturated carbocycles. The van der Waals surface area contributed by atoms with Crippen molar-refractivity contribution in [3.63, 3.8) is 0 Å². The molecule has 5 nitrogen and oxygen atoms in total. The maximum Gasteiger partial charge on any atom is 0.329 e. The summed E-state index contributed by atoms with van der Waals surface area (Å²) >= 11 is 0. The van der Waals surface area contributed by atoms with Crippen LogP contribution in [-0.2, 0) is 4.79 Å². The van der Waals surface area contributed by atoms with Gasteiger partial charge in [0, 0.05) is 5.69 Å². The van der Waals surface area contributed by atoms with Crippen LogP contribution in [0.4, 0.5) is 10.5 Å². The number of carboxylic acid groups (broad SMARTS) is 1. The second kappa shape index (κ2) is 4.45. The third kappa shape index (κ3) is 2.38. The molecule has 17 heavy (non-hydrogen) atoms. The van der Waals surface area contributed by atoms with E-state index in [-0.39, 0.29) is 0 Å². The van der Waals surface area contributed by atoms with Crippen LogP contribution in [0.25, 0.3) is 0 Å². The Morgan fingerprint density at radius 3 is 2.29 bits per heavy atom. The third-order valence-electron chi connectivity index (χ3n) is 3.00. The summed E-state index contributed by atoms with van der Waals surface area (Å²) in [5.74, 6) is -0.966. The SMILES string of the molecule is O=C(Nc1ccccc1)NC1(C(=O)O)CCC1. The van der Waals surface area contributed by atoms with E-state index in [4.69, 9.17) is 5.11 Å². The van der Waals surface area contributed by atoms with Gasteiger partial charge in [0.05, 0.1) is 0 Å². The molecule has 0 spiro atoms. The van der Waals surface area contributed by atoms with Gasteiger partial charge in [-0.1, -0.05) is 18.2 Å². The molecule has 1 aromatic carbocycles. The molecule has 0 aliphatic heterocycles. The van der Waals surface area contributed by atoms with E-state index in [1.165, 1.54) is 0 Å². The summed E-state index contributed by atoms with van der Waals surface area (Å²) in [6.07, 6.45) is 1.81. The Morgan fingerprint density at radius 2 is 1.82 bits per heavy atom. The molecule has 1 fully saturated rings. The minimum absolute atomic E-state index is 0.474. The van der Waals surface area contributed by atoms with Crippen molar-refractivity contribution in [3.05, 3.63) is 30.3 Å². The van der Waals surface area contributed by atoms with Crippen LogP contribution in [0.1, 0.15) is 19.3 Å². The predicted molar refractivity (Wildman–Crippen MR) is 62.8 cm³/mol. The van der Waals surface area contributed by atoms with Gasteiger partial charge in [-0.05, 0) is 31.4 Å². The summed E-state index contributed by atoms with van der Waals surface area (Å²) in [6, 6.07) is 8.45. The van der Waals surface area contributed by atoms with Gasteiger partial charge in [-0.3, -0.25) is 0 Å². The van der Waals surface area contributed by atoms with E-state index in [2.05, 4.69) is 10.6 Å². The van der Waals surface area contributed by atoms with Crippen LogP contribution in [0.3, 0.4) is 0 Å². The number of urea groups is 1. The second-order valence-corrected chi connectivity index (χ2v) is 4.19. The van der Waals surface area contributed by atoms with Gasteiger partial charge in [-0.2, -0.15) is 0 Å². The monoisotopic (exact) mass is 234 g/mol. The molecular weight excluding hydrogens is 220 g/mol. The summed E-state index contributed by atoms with van der Waals surface area (Å²) in [6.45, 7) is 0. The van der Waals surface area contributed by atoms with Crippen LogP contribution < -0.4 is 10.6 Å². The van der Waals surface area contributed by atoms with Gasteiger partial charge in [0.25, 0.3) is 0 Å². The van der Waals surface area contributed by atoms with E-state index in [1.807, 2.05) is 6.07 Å². The Bertz CT molecular complexity index is 427. The lowest BCUT2D eigenvalue weighted by molar-refractivity contribution is -0.148. The zero-order chi connectivity index (χ0) is 12.3. The van der Waals surface area contributed by atoms with E-state index >= 15 is 0 Å². The van der Waals surface area contributed by atoms with Gasteiger partial charge in [0.2, 0.25) is 0 Å². The Hall–Kier alpha value is -2.04. The van der Waals surface area contributed by atoms with E-state index in [0.29, 0.717) is 18.5 Å². The van der Waals surface area contributed by atoms with Crippen molar-refractivity contribution in [2.24, 2.45) is 0 Å². The number of hydrogen-bond donors (Lipinski definition) is 3. The highest BCUT2D eigenvalue weighted by atomic mass is 16.4. The smallest absolute Gasteiger partial charge is 0.329 e. The van der Waals surface area contributed by atoms with Gasteiger partial charge in [0.1, 0.15) is 5.54 Å². The predicted octanol–water partition coefficient (Wildman–Crippen LogP) is 1.82. The topological polar surface area (TPSA) is 78.4 Å². The first-order valence-electron chi connectivity index (χ1n) is 5.50. The number of aliphatic carboxylic acids is 1. The van der Waals surface area contributed by atoms with Crippen LogP contribution in [0.5, 0.6) is 0 Å². The molecule has 0 unspecified atom stereocenters. The third-order valence-corrected chi connectivity index (χ3v) is 3.00. The molecule has 90 valence electrons. The number of rotatable bonds is 3. The van der Waals surface area contributed by atoms with E-state index < -0.39 is 17.5 Å². The Kier molecular flexibility index (Phi) is 2.99. The lowest BCUT2D eigenvalue weighted by atomic mass is 9.77. The van der Waals surface area contributed by atoms with Crippen LogP contribution >= 0.6 is 0 Å². The molecule has 0 radical (unpaired) electrons. The molecule has 0 bridgehead atoms. The minimum Gasteiger partial charge on any atom is -0.480 e. The number of anilines is 1. The van der Waals surface area contributed by atoms with Gasteiger partial charge in [-0.25, -0.2) is 9.59 Å². The lowest BCUT2D eigenvalue weighted by Gasteiger charge is -2.38. The fraction of sp³-hybridized carbons (Fsp3) is 0.333. The molecule has 2 rings (SSSR count). The standard InChI is InChI=1S/C12H14N2O3/c15-10(16)12(7-4-8-12)14-11(17)13-9-5-2-1-3-6-9/h1-3,5-6H,4,7-8H2,(H,15,16)(H2,13,14,17). The van der Waals surface area contributed by atoms with Crippen LogP contribution in [0.15, 0.2) is 30.3 Å². The lowest BCUT2D eigenvalue weighted by Crippen LogP contribution is -2.60. The zero-order valence-electron chi connectivity index (χ0n) is 9.27. The van der Waals surface area contributed by atoms with E-state index in [0.717, 1.165) is 6.42 Å².